The summed E-state index contributed by atoms with van der Waals surface area (Å²) in [5.74, 6) is 1.24. The summed E-state index contributed by atoms with van der Waals surface area (Å²) in [5, 5.41) is 3.68. The zero-order valence-corrected chi connectivity index (χ0v) is 19.1. The van der Waals surface area contributed by atoms with Gasteiger partial charge < -0.3 is 19.9 Å². The van der Waals surface area contributed by atoms with Gasteiger partial charge in [-0.05, 0) is 55.4 Å². The van der Waals surface area contributed by atoms with Crippen LogP contribution in [0.25, 0.3) is 0 Å². The number of benzene rings is 1. The Morgan fingerprint density at radius 3 is 2.56 bits per heavy atom. The molecule has 1 saturated carbocycles. The zero-order chi connectivity index (χ0) is 22.7. The normalized spacial score (nSPS) is 22.1. The average molecular weight is 442 g/mol. The van der Waals surface area contributed by atoms with Gasteiger partial charge in [-0.3, -0.25) is 4.79 Å². The highest BCUT2D eigenvalue weighted by Gasteiger charge is 2.28. The van der Waals surface area contributed by atoms with E-state index in [4.69, 9.17) is 4.74 Å². The van der Waals surface area contributed by atoms with Crippen LogP contribution in [0.1, 0.15) is 56.2 Å². The highest BCUT2D eigenvalue weighted by atomic mass is 19.1. The van der Waals surface area contributed by atoms with Gasteiger partial charge in [0.2, 0.25) is 11.9 Å². The molecule has 32 heavy (non-hydrogen) atoms. The fourth-order valence-electron chi connectivity index (χ4n) is 4.76. The van der Waals surface area contributed by atoms with Gasteiger partial charge in [0, 0.05) is 57.6 Å². The standard InChI is InChI=1S/C24H32FN5O2/c1-16(18-5-7-22(25)23(13-18)32-3)28-21-6-4-19(12-21)20-14-26-24(27-15-20)30-10-8-29(9-11-30)17(2)31/h5,7,13-16,19,21,28H,4,6,8-12H2,1-3H3/t16-,19-,21+/m1/s1. The Labute approximate surface area is 189 Å². The summed E-state index contributed by atoms with van der Waals surface area (Å²) in [4.78, 5) is 24.7. The molecule has 1 amide bonds. The van der Waals surface area contributed by atoms with Crippen molar-refractivity contribution in [2.75, 3.05) is 38.2 Å². The first-order valence-corrected chi connectivity index (χ1v) is 11.4. The molecule has 0 radical (unpaired) electrons. The third-order valence-corrected chi connectivity index (χ3v) is 6.73. The average Bonchev–Trinajstić information content (AvgIpc) is 3.28. The highest BCUT2D eigenvalue weighted by molar-refractivity contribution is 5.73. The number of halogens is 1. The number of rotatable bonds is 6. The van der Waals surface area contributed by atoms with Crippen LogP contribution in [0.3, 0.4) is 0 Å². The maximum absolute atomic E-state index is 13.7. The van der Waals surface area contributed by atoms with E-state index in [1.807, 2.05) is 23.4 Å². The monoisotopic (exact) mass is 441 g/mol. The lowest BCUT2D eigenvalue weighted by molar-refractivity contribution is -0.129. The van der Waals surface area contributed by atoms with Crippen molar-refractivity contribution in [1.29, 1.82) is 0 Å². The quantitative estimate of drug-likeness (QED) is 0.742. The van der Waals surface area contributed by atoms with Gasteiger partial charge in [0.15, 0.2) is 11.6 Å². The van der Waals surface area contributed by atoms with E-state index in [1.54, 1.807) is 13.0 Å². The van der Waals surface area contributed by atoms with E-state index < -0.39 is 0 Å². The van der Waals surface area contributed by atoms with Crippen molar-refractivity contribution in [1.82, 2.24) is 20.2 Å². The van der Waals surface area contributed by atoms with Gasteiger partial charge in [-0.2, -0.15) is 0 Å². The van der Waals surface area contributed by atoms with E-state index in [1.165, 1.54) is 18.7 Å². The second-order valence-corrected chi connectivity index (χ2v) is 8.80. The van der Waals surface area contributed by atoms with Crippen LogP contribution in [0, 0.1) is 5.82 Å². The summed E-state index contributed by atoms with van der Waals surface area (Å²) in [5.41, 5.74) is 2.20. The number of piperazine rings is 1. The number of anilines is 1. The molecule has 7 nitrogen and oxygen atoms in total. The minimum Gasteiger partial charge on any atom is -0.494 e. The van der Waals surface area contributed by atoms with Crippen LogP contribution >= 0.6 is 0 Å². The van der Waals surface area contributed by atoms with Crippen LogP contribution in [0.15, 0.2) is 30.6 Å². The molecule has 1 aliphatic carbocycles. The number of aromatic nitrogens is 2. The predicted octanol–water partition coefficient (Wildman–Crippen LogP) is 3.28. The molecule has 4 rings (SSSR count). The first-order chi connectivity index (χ1) is 15.4. The van der Waals surface area contributed by atoms with Crippen LogP contribution in [0.4, 0.5) is 10.3 Å². The van der Waals surface area contributed by atoms with Crippen molar-refractivity contribution in [2.24, 2.45) is 0 Å². The molecule has 1 aromatic carbocycles. The molecular formula is C24H32FN5O2. The number of ether oxygens (including phenoxy) is 1. The lowest BCUT2D eigenvalue weighted by Gasteiger charge is -2.34. The van der Waals surface area contributed by atoms with Crippen molar-refractivity contribution in [2.45, 2.75) is 51.1 Å². The maximum atomic E-state index is 13.7. The Morgan fingerprint density at radius 1 is 1.19 bits per heavy atom. The van der Waals surface area contributed by atoms with Gasteiger partial charge in [0.1, 0.15) is 0 Å². The van der Waals surface area contributed by atoms with Gasteiger partial charge >= 0.3 is 0 Å². The van der Waals surface area contributed by atoms with E-state index in [-0.39, 0.29) is 23.5 Å². The molecule has 2 heterocycles. The molecule has 0 unspecified atom stereocenters. The fourth-order valence-corrected chi connectivity index (χ4v) is 4.76. The van der Waals surface area contributed by atoms with E-state index in [0.717, 1.165) is 43.9 Å². The minimum absolute atomic E-state index is 0.112. The lowest BCUT2D eigenvalue weighted by atomic mass is 10.0. The highest BCUT2D eigenvalue weighted by Crippen LogP contribution is 2.35. The molecule has 1 N–H and O–H groups in total. The molecule has 0 spiro atoms. The number of nitrogens with zero attached hydrogens (tertiary/aromatic N) is 4. The van der Waals surface area contributed by atoms with Gasteiger partial charge in [-0.25, -0.2) is 14.4 Å². The van der Waals surface area contributed by atoms with Crippen molar-refractivity contribution in [3.8, 4) is 5.75 Å². The summed E-state index contributed by atoms with van der Waals surface area (Å²) in [7, 11) is 1.49. The number of carbonyl (C=O) groups excluding carboxylic acids is 1. The molecule has 1 aromatic heterocycles. The summed E-state index contributed by atoms with van der Waals surface area (Å²) in [6.07, 6.45) is 7.13. The first-order valence-electron chi connectivity index (χ1n) is 11.4. The predicted molar refractivity (Wildman–Crippen MR) is 121 cm³/mol. The summed E-state index contributed by atoms with van der Waals surface area (Å²) < 4.78 is 18.8. The van der Waals surface area contributed by atoms with Crippen molar-refractivity contribution in [3.63, 3.8) is 0 Å². The van der Waals surface area contributed by atoms with Gasteiger partial charge in [-0.15, -0.1) is 0 Å². The van der Waals surface area contributed by atoms with E-state index in [0.29, 0.717) is 25.0 Å². The number of nitrogens with one attached hydrogen (secondary N) is 1. The van der Waals surface area contributed by atoms with Gasteiger partial charge in [0.05, 0.1) is 7.11 Å². The van der Waals surface area contributed by atoms with Gasteiger partial charge in [-0.1, -0.05) is 6.07 Å². The molecular weight excluding hydrogens is 409 g/mol. The fraction of sp³-hybridized carbons (Fsp3) is 0.542. The van der Waals surface area contributed by atoms with E-state index >= 15 is 0 Å². The second-order valence-electron chi connectivity index (χ2n) is 8.80. The van der Waals surface area contributed by atoms with E-state index in [9.17, 15) is 9.18 Å². The SMILES string of the molecule is COc1cc([C@@H](C)N[C@H]2CC[C@@H](c3cnc(N4CCN(C(C)=O)CC4)nc3)C2)ccc1F. The van der Waals surface area contributed by atoms with Crippen molar-refractivity contribution < 1.29 is 13.9 Å². The Balaban J connectivity index is 1.31. The van der Waals surface area contributed by atoms with Crippen LogP contribution in [-0.2, 0) is 4.79 Å². The Hall–Kier alpha value is -2.74. The number of amides is 1. The molecule has 8 heteroatoms. The summed E-state index contributed by atoms with van der Waals surface area (Å²) in [6, 6.07) is 5.54. The largest absolute Gasteiger partial charge is 0.494 e. The number of hydrogen-bond donors (Lipinski definition) is 1. The van der Waals surface area contributed by atoms with Gasteiger partial charge in [0.25, 0.3) is 0 Å². The molecule has 1 aliphatic heterocycles. The van der Waals surface area contributed by atoms with Crippen molar-refractivity contribution in [3.05, 3.63) is 47.5 Å². The van der Waals surface area contributed by atoms with Crippen LogP contribution in [0.5, 0.6) is 5.75 Å². The third kappa shape index (κ3) is 5.01. The Bertz CT molecular complexity index is 930. The number of hydrogen-bond acceptors (Lipinski definition) is 6. The summed E-state index contributed by atoms with van der Waals surface area (Å²) >= 11 is 0. The van der Waals surface area contributed by atoms with Crippen LogP contribution in [0.2, 0.25) is 0 Å². The molecule has 2 fully saturated rings. The lowest BCUT2D eigenvalue weighted by Crippen LogP contribution is -2.48. The summed E-state index contributed by atoms with van der Waals surface area (Å²) in [6.45, 7) is 6.68. The molecule has 172 valence electrons. The molecule has 3 atom stereocenters. The molecule has 1 saturated heterocycles. The molecule has 0 bridgehead atoms. The van der Waals surface area contributed by atoms with Crippen molar-refractivity contribution >= 4 is 11.9 Å². The molecule has 2 aliphatic rings. The maximum Gasteiger partial charge on any atom is 0.225 e. The van der Waals surface area contributed by atoms with Crippen LogP contribution < -0.4 is 15.0 Å². The Morgan fingerprint density at radius 2 is 1.91 bits per heavy atom. The Kier molecular flexibility index (Phi) is 6.89. The van der Waals surface area contributed by atoms with E-state index in [2.05, 4.69) is 27.1 Å². The zero-order valence-electron chi connectivity index (χ0n) is 19.1. The minimum atomic E-state index is -0.339. The topological polar surface area (TPSA) is 70.6 Å². The van der Waals surface area contributed by atoms with Crippen LogP contribution in [-0.4, -0.2) is 60.1 Å². The smallest absolute Gasteiger partial charge is 0.225 e. The number of carbonyl (C=O) groups is 1. The second kappa shape index (κ2) is 9.81. The number of methoxy groups -OCH3 is 1. The first kappa shape index (κ1) is 22.5. The molecule has 2 aromatic rings. The third-order valence-electron chi connectivity index (χ3n) is 6.73.